The molecule has 2 N–H and O–H groups in total. The Hall–Kier alpha value is -1.63. The molecule has 1 fully saturated rings. The highest BCUT2D eigenvalue weighted by molar-refractivity contribution is 5.69. The number of aliphatic carboxylic acids is 1. The monoisotopic (exact) mass is 320 g/mol. The van der Waals surface area contributed by atoms with E-state index in [9.17, 15) is 9.90 Å². The van der Waals surface area contributed by atoms with Crippen molar-refractivity contribution >= 4 is 5.97 Å². The lowest BCUT2D eigenvalue weighted by Gasteiger charge is -2.24. The van der Waals surface area contributed by atoms with Gasteiger partial charge < -0.3 is 14.9 Å². The maximum absolute atomic E-state index is 10.8. The van der Waals surface area contributed by atoms with Gasteiger partial charge in [-0.25, -0.2) is 0 Å². The summed E-state index contributed by atoms with van der Waals surface area (Å²) >= 11 is 0. The van der Waals surface area contributed by atoms with Gasteiger partial charge in [-0.1, -0.05) is 12.1 Å². The summed E-state index contributed by atoms with van der Waals surface area (Å²) in [5, 5.41) is 19.1. The lowest BCUT2D eigenvalue weighted by Crippen LogP contribution is -2.43. The number of rotatable bonds is 6. The lowest BCUT2D eigenvalue weighted by atomic mass is 10.1. The maximum atomic E-state index is 10.8. The van der Waals surface area contributed by atoms with Gasteiger partial charge in [-0.15, -0.1) is 0 Å². The Labute approximate surface area is 136 Å². The SMILES string of the molecule is CN(CC(=O)O)C1CN(CCc2ccc3c(c2)CCO3)C[C@H]1O. The summed E-state index contributed by atoms with van der Waals surface area (Å²) in [6.45, 7) is 2.91. The summed E-state index contributed by atoms with van der Waals surface area (Å²) in [7, 11) is 1.76. The van der Waals surface area contributed by atoms with E-state index in [2.05, 4.69) is 17.0 Å². The van der Waals surface area contributed by atoms with Crippen LogP contribution in [-0.2, 0) is 17.6 Å². The van der Waals surface area contributed by atoms with Crippen LogP contribution >= 0.6 is 0 Å². The molecule has 0 amide bonds. The molecule has 0 aliphatic carbocycles. The van der Waals surface area contributed by atoms with Crippen LogP contribution in [-0.4, -0.2) is 78.0 Å². The van der Waals surface area contributed by atoms with E-state index in [0.29, 0.717) is 13.1 Å². The van der Waals surface area contributed by atoms with Crippen molar-refractivity contribution in [3.8, 4) is 5.75 Å². The molecule has 0 bridgehead atoms. The summed E-state index contributed by atoms with van der Waals surface area (Å²) in [4.78, 5) is 14.7. The molecule has 6 heteroatoms. The Kier molecular flexibility index (Phi) is 4.84. The van der Waals surface area contributed by atoms with E-state index in [1.807, 2.05) is 6.07 Å². The number of benzene rings is 1. The summed E-state index contributed by atoms with van der Waals surface area (Å²) < 4.78 is 5.52. The summed E-state index contributed by atoms with van der Waals surface area (Å²) in [5.74, 6) is 0.138. The molecule has 2 heterocycles. The average Bonchev–Trinajstić information content (AvgIpc) is 3.10. The molecule has 23 heavy (non-hydrogen) atoms. The third-order valence-corrected chi connectivity index (χ3v) is 4.76. The van der Waals surface area contributed by atoms with Gasteiger partial charge in [0.05, 0.1) is 19.3 Å². The first-order chi connectivity index (χ1) is 11.0. The molecule has 1 aromatic rings. The zero-order valence-corrected chi connectivity index (χ0v) is 13.4. The van der Waals surface area contributed by atoms with Gasteiger partial charge in [-0.05, 0) is 30.7 Å². The van der Waals surface area contributed by atoms with Gasteiger partial charge in [0.1, 0.15) is 5.75 Å². The average molecular weight is 320 g/mol. The van der Waals surface area contributed by atoms with Gasteiger partial charge in [0, 0.05) is 32.1 Å². The van der Waals surface area contributed by atoms with E-state index in [0.717, 1.165) is 31.7 Å². The summed E-state index contributed by atoms with van der Waals surface area (Å²) in [6.07, 6.45) is 1.41. The third-order valence-electron chi connectivity index (χ3n) is 4.76. The van der Waals surface area contributed by atoms with Crippen molar-refractivity contribution in [3.05, 3.63) is 29.3 Å². The predicted molar refractivity (Wildman–Crippen MR) is 85.8 cm³/mol. The van der Waals surface area contributed by atoms with Crippen molar-refractivity contribution < 1.29 is 19.7 Å². The number of aliphatic hydroxyl groups excluding tert-OH is 1. The number of hydrogen-bond donors (Lipinski definition) is 2. The van der Waals surface area contributed by atoms with E-state index < -0.39 is 12.1 Å². The number of nitrogens with zero attached hydrogens (tertiary/aromatic N) is 2. The summed E-state index contributed by atoms with van der Waals surface area (Å²) in [6, 6.07) is 6.24. The molecule has 2 aliphatic rings. The Morgan fingerprint density at radius 1 is 1.43 bits per heavy atom. The van der Waals surface area contributed by atoms with E-state index in [4.69, 9.17) is 9.84 Å². The van der Waals surface area contributed by atoms with Crippen LogP contribution < -0.4 is 4.74 Å². The van der Waals surface area contributed by atoms with Gasteiger partial charge in [0.15, 0.2) is 0 Å². The van der Waals surface area contributed by atoms with Crippen LogP contribution in [0.3, 0.4) is 0 Å². The second kappa shape index (κ2) is 6.86. The molecular formula is C17H24N2O4. The molecule has 0 radical (unpaired) electrons. The highest BCUT2D eigenvalue weighted by atomic mass is 16.5. The first-order valence-corrected chi connectivity index (χ1v) is 8.10. The smallest absolute Gasteiger partial charge is 0.317 e. The van der Waals surface area contributed by atoms with E-state index >= 15 is 0 Å². The second-order valence-electron chi connectivity index (χ2n) is 6.49. The molecule has 1 saturated heterocycles. The first-order valence-electron chi connectivity index (χ1n) is 8.10. The fourth-order valence-electron chi connectivity index (χ4n) is 3.48. The van der Waals surface area contributed by atoms with Gasteiger partial charge in [-0.3, -0.25) is 14.6 Å². The van der Waals surface area contributed by atoms with Crippen LogP contribution in [0.25, 0.3) is 0 Å². The maximum Gasteiger partial charge on any atom is 0.317 e. The zero-order valence-electron chi connectivity index (χ0n) is 13.4. The molecule has 1 unspecified atom stereocenters. The van der Waals surface area contributed by atoms with Crippen LogP contribution in [0, 0.1) is 0 Å². The molecule has 126 valence electrons. The van der Waals surface area contributed by atoms with Crippen LogP contribution in [0.15, 0.2) is 18.2 Å². The fourth-order valence-corrected chi connectivity index (χ4v) is 3.48. The Morgan fingerprint density at radius 3 is 3.04 bits per heavy atom. The molecule has 0 spiro atoms. The molecule has 2 aliphatic heterocycles. The van der Waals surface area contributed by atoms with Crippen LogP contribution in [0.2, 0.25) is 0 Å². The Bertz CT molecular complexity index is 578. The molecular weight excluding hydrogens is 296 g/mol. The lowest BCUT2D eigenvalue weighted by molar-refractivity contribution is -0.138. The third kappa shape index (κ3) is 3.83. The van der Waals surface area contributed by atoms with E-state index in [-0.39, 0.29) is 12.6 Å². The number of hydrogen-bond acceptors (Lipinski definition) is 5. The number of aliphatic hydroxyl groups is 1. The minimum absolute atomic E-state index is 0.0413. The molecule has 2 atom stereocenters. The predicted octanol–water partition coefficient (Wildman–Crippen LogP) is 0.226. The molecule has 3 rings (SSSR count). The van der Waals surface area contributed by atoms with Crippen molar-refractivity contribution in [2.24, 2.45) is 0 Å². The number of carboxylic acids is 1. The topological polar surface area (TPSA) is 73.2 Å². The first kappa shape index (κ1) is 16.2. The van der Waals surface area contributed by atoms with Gasteiger partial charge >= 0.3 is 5.97 Å². The minimum Gasteiger partial charge on any atom is -0.493 e. The van der Waals surface area contributed by atoms with Crippen molar-refractivity contribution in [2.45, 2.75) is 25.0 Å². The van der Waals surface area contributed by atoms with E-state index in [1.165, 1.54) is 11.1 Å². The van der Waals surface area contributed by atoms with Crippen molar-refractivity contribution in [1.29, 1.82) is 0 Å². The second-order valence-corrected chi connectivity index (χ2v) is 6.49. The molecule has 0 saturated carbocycles. The van der Waals surface area contributed by atoms with Gasteiger partial charge in [0.25, 0.3) is 0 Å². The largest absolute Gasteiger partial charge is 0.493 e. The number of ether oxygens (including phenoxy) is 1. The number of fused-ring (bicyclic) bond motifs is 1. The number of likely N-dealkylation sites (tertiary alicyclic amines) is 1. The quantitative estimate of drug-likeness (QED) is 0.781. The van der Waals surface area contributed by atoms with Crippen molar-refractivity contribution in [1.82, 2.24) is 9.80 Å². The van der Waals surface area contributed by atoms with Crippen molar-refractivity contribution in [2.75, 3.05) is 39.8 Å². The molecule has 1 aromatic carbocycles. The zero-order chi connectivity index (χ0) is 16.4. The Morgan fingerprint density at radius 2 is 2.26 bits per heavy atom. The van der Waals surface area contributed by atoms with Crippen LogP contribution in [0.5, 0.6) is 5.75 Å². The fraction of sp³-hybridized carbons (Fsp3) is 0.588. The minimum atomic E-state index is -0.862. The number of β-amino-alcohol motifs (C(OH)–C–C–N with tert-alkyl or cyclic N) is 1. The standard InChI is InChI=1S/C17H24N2O4/c1-18(11-17(21)22)14-9-19(10-15(14)20)6-4-12-2-3-16-13(8-12)5-7-23-16/h2-3,8,14-15,20H,4-7,9-11H2,1H3,(H,21,22)/t14?,15-/m1/s1. The van der Waals surface area contributed by atoms with Gasteiger partial charge in [-0.2, -0.15) is 0 Å². The normalized spacial score (nSPS) is 24.0. The summed E-state index contributed by atoms with van der Waals surface area (Å²) in [5.41, 5.74) is 2.56. The van der Waals surface area contributed by atoms with Crippen LogP contribution in [0.4, 0.5) is 0 Å². The van der Waals surface area contributed by atoms with Crippen molar-refractivity contribution in [3.63, 3.8) is 0 Å². The number of carboxylic acid groups (broad SMARTS) is 1. The highest BCUT2D eigenvalue weighted by Gasteiger charge is 2.34. The number of carbonyl (C=O) groups is 1. The number of likely N-dealkylation sites (N-methyl/N-ethyl adjacent to an activating group) is 1. The molecule has 0 aromatic heterocycles. The van der Waals surface area contributed by atoms with Gasteiger partial charge in [0.2, 0.25) is 0 Å². The van der Waals surface area contributed by atoms with E-state index in [1.54, 1.807) is 11.9 Å². The Balaban J connectivity index is 1.52. The molecule has 6 nitrogen and oxygen atoms in total. The van der Waals surface area contributed by atoms with Crippen LogP contribution in [0.1, 0.15) is 11.1 Å². The highest BCUT2D eigenvalue weighted by Crippen LogP contribution is 2.26.